The zero-order valence-electron chi connectivity index (χ0n) is 21.9. The molecule has 0 aliphatic carbocycles. The number of imidazole rings is 1. The first-order chi connectivity index (χ1) is 19.0. The van der Waals surface area contributed by atoms with Gasteiger partial charge in [-0.05, 0) is 38.8 Å². The van der Waals surface area contributed by atoms with Crippen LogP contribution in [0.4, 0.5) is 24.9 Å². The molecule has 0 saturated carbocycles. The van der Waals surface area contributed by atoms with Crippen molar-refractivity contribution in [3.05, 3.63) is 57.3 Å². The summed E-state index contributed by atoms with van der Waals surface area (Å²) in [6.45, 7) is 3.45. The number of carbonyl (C=O) groups excluding carboxylic acids is 1. The minimum absolute atomic E-state index is 0.000834. The molecule has 1 N–H and O–H groups in total. The van der Waals surface area contributed by atoms with Crippen LogP contribution in [-0.4, -0.2) is 58.3 Å². The van der Waals surface area contributed by atoms with Gasteiger partial charge >= 0.3 is 11.9 Å². The van der Waals surface area contributed by atoms with Crippen molar-refractivity contribution in [1.82, 2.24) is 33.6 Å². The van der Waals surface area contributed by atoms with Gasteiger partial charge in [-0.15, -0.1) is 0 Å². The number of carbonyl (C=O) groups is 1. The minimum Gasteiger partial charge on any atom is -0.329 e. The third-order valence-corrected chi connectivity index (χ3v) is 6.88. The molecule has 4 aromatic heterocycles. The van der Waals surface area contributed by atoms with E-state index < -0.39 is 29.4 Å². The smallest absolute Gasteiger partial charge is 0.329 e. The number of hydrogen-bond acceptors (Lipinski definition) is 8. The molecule has 210 valence electrons. The van der Waals surface area contributed by atoms with E-state index in [1.54, 1.807) is 32.0 Å². The summed E-state index contributed by atoms with van der Waals surface area (Å²) < 4.78 is 43.7. The molecule has 0 aromatic carbocycles. The lowest BCUT2D eigenvalue weighted by Crippen LogP contribution is -2.42. The Morgan fingerprint density at radius 2 is 1.85 bits per heavy atom. The number of fused-ring (bicyclic) bond motifs is 1. The van der Waals surface area contributed by atoms with Crippen LogP contribution >= 0.6 is 0 Å². The molecule has 1 atom stereocenters. The second-order valence-electron chi connectivity index (χ2n) is 9.43. The highest BCUT2D eigenvalue weighted by molar-refractivity contribution is 5.91. The number of alkyl halides is 3. The largest absolute Gasteiger partial charge is 0.408 e. The SMILES string of the molecule is CCn1c(=O)c2c(nc(C)n2CC(=O)Nc2cccc(-c3cnc(N4CCC[C@H]4C(F)(F)F)nc3)n2)n(C)c1=O. The zero-order valence-corrected chi connectivity index (χ0v) is 21.9. The fourth-order valence-electron chi connectivity index (χ4n) is 4.89. The molecule has 5 heterocycles. The Labute approximate surface area is 225 Å². The number of anilines is 2. The lowest BCUT2D eigenvalue weighted by atomic mass is 10.2. The van der Waals surface area contributed by atoms with E-state index >= 15 is 0 Å². The number of nitrogens with zero attached hydrogens (tertiary/aromatic N) is 8. The highest BCUT2D eigenvalue weighted by Crippen LogP contribution is 2.34. The van der Waals surface area contributed by atoms with Crippen LogP contribution < -0.4 is 21.5 Å². The highest BCUT2D eigenvalue weighted by atomic mass is 19.4. The van der Waals surface area contributed by atoms with Crippen molar-refractivity contribution in [3.8, 4) is 11.3 Å². The molecule has 5 rings (SSSR count). The number of amides is 1. The summed E-state index contributed by atoms with van der Waals surface area (Å²) in [5.41, 5.74) is 0.162. The van der Waals surface area contributed by atoms with Gasteiger partial charge in [-0.25, -0.2) is 24.7 Å². The van der Waals surface area contributed by atoms with Crippen LogP contribution in [0.5, 0.6) is 0 Å². The van der Waals surface area contributed by atoms with E-state index in [2.05, 4.69) is 25.3 Å². The van der Waals surface area contributed by atoms with Crippen molar-refractivity contribution in [1.29, 1.82) is 0 Å². The van der Waals surface area contributed by atoms with Crippen LogP contribution in [-0.2, 0) is 24.9 Å². The highest BCUT2D eigenvalue weighted by Gasteiger charge is 2.46. The summed E-state index contributed by atoms with van der Waals surface area (Å²) in [6, 6.07) is 3.27. The molecular weight excluding hydrogens is 531 g/mol. The summed E-state index contributed by atoms with van der Waals surface area (Å²) in [5, 5.41) is 2.68. The van der Waals surface area contributed by atoms with Gasteiger partial charge < -0.3 is 14.8 Å². The molecule has 15 heteroatoms. The first-order valence-electron chi connectivity index (χ1n) is 12.6. The van der Waals surface area contributed by atoms with Gasteiger partial charge in [-0.3, -0.25) is 18.7 Å². The first-order valence-corrected chi connectivity index (χ1v) is 12.6. The van der Waals surface area contributed by atoms with E-state index in [0.717, 1.165) is 9.47 Å². The van der Waals surface area contributed by atoms with E-state index in [0.29, 0.717) is 23.5 Å². The Morgan fingerprint density at radius 1 is 1.12 bits per heavy atom. The summed E-state index contributed by atoms with van der Waals surface area (Å²) >= 11 is 0. The summed E-state index contributed by atoms with van der Waals surface area (Å²) in [6.07, 6.45) is -1.17. The van der Waals surface area contributed by atoms with Gasteiger partial charge in [-0.2, -0.15) is 13.2 Å². The standard InChI is InChI=1S/C25H26F3N9O3/c1-4-35-22(39)20-21(34(3)24(35)40)31-14(2)37(20)13-19(38)33-18-9-5-7-16(32-18)15-11-29-23(30-12-15)36-10-6-8-17(36)25(26,27)28/h5,7,9,11-12,17H,4,6,8,10,13H2,1-3H3,(H,32,33,38)/t17-/m0/s1. The van der Waals surface area contributed by atoms with Crippen LogP contribution in [0.15, 0.2) is 40.2 Å². The van der Waals surface area contributed by atoms with Gasteiger partial charge in [0.2, 0.25) is 11.9 Å². The molecule has 0 spiro atoms. The fourth-order valence-corrected chi connectivity index (χ4v) is 4.89. The number of rotatable bonds is 6. The van der Waals surface area contributed by atoms with Gasteiger partial charge in [0.15, 0.2) is 11.2 Å². The maximum absolute atomic E-state index is 13.3. The van der Waals surface area contributed by atoms with Crippen LogP contribution in [0.3, 0.4) is 0 Å². The van der Waals surface area contributed by atoms with Gasteiger partial charge in [0.1, 0.15) is 24.2 Å². The summed E-state index contributed by atoms with van der Waals surface area (Å²) in [5.74, 6) is 0.109. The predicted octanol–water partition coefficient (Wildman–Crippen LogP) is 2.25. The van der Waals surface area contributed by atoms with Crippen molar-refractivity contribution in [2.75, 3.05) is 16.8 Å². The molecule has 0 radical (unpaired) electrons. The van der Waals surface area contributed by atoms with Crippen molar-refractivity contribution >= 4 is 28.8 Å². The van der Waals surface area contributed by atoms with Crippen LogP contribution in [0.25, 0.3) is 22.4 Å². The van der Waals surface area contributed by atoms with Crippen LogP contribution in [0.2, 0.25) is 0 Å². The van der Waals surface area contributed by atoms with E-state index in [4.69, 9.17) is 0 Å². The van der Waals surface area contributed by atoms with E-state index in [1.807, 2.05) is 0 Å². The number of nitrogens with one attached hydrogen (secondary N) is 1. The van der Waals surface area contributed by atoms with Gasteiger partial charge in [0.25, 0.3) is 5.56 Å². The molecule has 40 heavy (non-hydrogen) atoms. The number of halogens is 3. The van der Waals surface area contributed by atoms with Crippen molar-refractivity contribution in [2.45, 2.75) is 52.0 Å². The van der Waals surface area contributed by atoms with Gasteiger partial charge in [0, 0.05) is 38.1 Å². The topological polar surface area (TPSA) is 133 Å². The quantitative estimate of drug-likeness (QED) is 0.382. The van der Waals surface area contributed by atoms with Crippen LogP contribution in [0.1, 0.15) is 25.6 Å². The van der Waals surface area contributed by atoms with Crippen molar-refractivity contribution in [2.24, 2.45) is 7.05 Å². The van der Waals surface area contributed by atoms with E-state index in [9.17, 15) is 27.6 Å². The number of aryl methyl sites for hydroxylation is 2. The second kappa shape index (κ2) is 10.2. The molecule has 0 unspecified atom stereocenters. The number of hydrogen-bond donors (Lipinski definition) is 1. The number of aromatic nitrogens is 7. The number of pyridine rings is 1. The Morgan fingerprint density at radius 3 is 2.52 bits per heavy atom. The Bertz CT molecular complexity index is 1710. The molecular formula is C25H26F3N9O3. The third kappa shape index (κ3) is 4.82. The maximum atomic E-state index is 13.3. The molecule has 1 fully saturated rings. The average molecular weight is 558 g/mol. The lowest BCUT2D eigenvalue weighted by Gasteiger charge is -2.26. The average Bonchev–Trinajstić information content (AvgIpc) is 3.54. The second-order valence-corrected chi connectivity index (χ2v) is 9.43. The normalized spacial score (nSPS) is 15.7. The summed E-state index contributed by atoms with van der Waals surface area (Å²) in [7, 11) is 1.51. The summed E-state index contributed by atoms with van der Waals surface area (Å²) in [4.78, 5) is 56.5. The molecule has 4 aromatic rings. The maximum Gasteiger partial charge on any atom is 0.408 e. The van der Waals surface area contributed by atoms with Crippen molar-refractivity contribution in [3.63, 3.8) is 0 Å². The lowest BCUT2D eigenvalue weighted by molar-refractivity contribution is -0.146. The predicted molar refractivity (Wildman–Crippen MR) is 140 cm³/mol. The van der Waals surface area contributed by atoms with Gasteiger partial charge in [0.05, 0.1) is 5.69 Å². The molecule has 1 amide bonds. The first kappa shape index (κ1) is 27.0. The Hall–Kier alpha value is -4.56. The molecule has 1 aliphatic heterocycles. The van der Waals surface area contributed by atoms with Crippen molar-refractivity contribution < 1.29 is 18.0 Å². The van der Waals surface area contributed by atoms with E-state index in [-0.39, 0.29) is 49.0 Å². The molecule has 1 saturated heterocycles. The van der Waals surface area contributed by atoms with Gasteiger partial charge in [-0.1, -0.05) is 6.07 Å². The van der Waals surface area contributed by atoms with Crippen LogP contribution in [0, 0.1) is 6.92 Å². The third-order valence-electron chi connectivity index (χ3n) is 6.88. The Balaban J connectivity index is 1.35. The molecule has 0 bridgehead atoms. The molecule has 12 nitrogen and oxygen atoms in total. The Kier molecular flexibility index (Phi) is 6.89. The zero-order chi connectivity index (χ0) is 28.8. The minimum atomic E-state index is -4.36. The fraction of sp³-hybridized carbons (Fsp3) is 0.400. The monoisotopic (exact) mass is 557 g/mol. The van der Waals surface area contributed by atoms with E-state index in [1.165, 1.54) is 28.6 Å². The molecule has 1 aliphatic rings.